The number of carbonyl (C=O) groups excluding carboxylic acids is 1. The van der Waals surface area contributed by atoms with Crippen molar-refractivity contribution in [3.63, 3.8) is 0 Å². The lowest BCUT2D eigenvalue weighted by Gasteiger charge is -2.37. The molecule has 45 heavy (non-hydrogen) atoms. The number of rotatable bonds is 7. The predicted molar refractivity (Wildman–Crippen MR) is 154 cm³/mol. The van der Waals surface area contributed by atoms with Crippen LogP contribution in [0, 0.1) is 0 Å². The molecule has 3 heterocycles. The number of halogens is 6. The quantitative estimate of drug-likeness (QED) is 0.246. The van der Waals surface area contributed by atoms with E-state index in [2.05, 4.69) is 9.98 Å². The number of benzene rings is 2. The van der Waals surface area contributed by atoms with Gasteiger partial charge in [0, 0.05) is 49.7 Å². The number of thioether (sulfide) groups is 1. The number of hydrogen-bond donors (Lipinski definition) is 1. The Hall–Kier alpha value is -4.08. The van der Waals surface area contributed by atoms with Crippen molar-refractivity contribution in [2.75, 3.05) is 33.3 Å². The smallest absolute Gasteiger partial charge is 0.416 e. The van der Waals surface area contributed by atoms with Gasteiger partial charge in [-0.05, 0) is 53.7 Å². The van der Waals surface area contributed by atoms with E-state index in [0.29, 0.717) is 53.4 Å². The van der Waals surface area contributed by atoms with E-state index in [1.165, 1.54) is 31.0 Å². The van der Waals surface area contributed by atoms with Gasteiger partial charge in [-0.15, -0.1) is 0 Å². The van der Waals surface area contributed by atoms with Crippen LogP contribution in [0.4, 0.5) is 26.3 Å². The van der Waals surface area contributed by atoms with Crippen LogP contribution in [-0.2, 0) is 23.8 Å². The highest BCUT2D eigenvalue weighted by molar-refractivity contribution is 8.18. The molecule has 3 aromatic rings. The Balaban J connectivity index is 1.23. The highest BCUT2D eigenvalue weighted by Crippen LogP contribution is 2.39. The number of amides is 1. The maximum Gasteiger partial charge on any atom is 0.416 e. The molecule has 8 nitrogen and oxygen atoms in total. The fourth-order valence-corrected chi connectivity index (χ4v) is 5.74. The number of amidine groups is 1. The minimum atomic E-state index is -5.03. The number of alkyl halides is 6. The van der Waals surface area contributed by atoms with Crippen LogP contribution in [0.25, 0.3) is 6.08 Å². The largest absolute Gasteiger partial charge is 0.493 e. The summed E-state index contributed by atoms with van der Waals surface area (Å²) in [4.78, 5) is 25.1. The van der Waals surface area contributed by atoms with Crippen molar-refractivity contribution in [3.8, 4) is 11.5 Å². The molecule has 238 valence electrons. The molecule has 1 saturated heterocycles. The van der Waals surface area contributed by atoms with Crippen LogP contribution >= 0.6 is 11.8 Å². The topological polar surface area (TPSA) is 87.5 Å². The first-order chi connectivity index (χ1) is 21.3. The Bertz CT molecular complexity index is 1610. The highest BCUT2D eigenvalue weighted by atomic mass is 32.2. The maximum absolute atomic E-state index is 13.5. The zero-order chi connectivity index (χ0) is 32.4. The summed E-state index contributed by atoms with van der Waals surface area (Å²) in [5.74, 6) is -0.236. The average Bonchev–Trinajstić information content (AvgIpc) is 3.39. The predicted octanol–water partition coefficient (Wildman–Crippen LogP) is 5.99. The number of aromatic nitrogens is 1. The number of carbonyl (C=O) groups is 1. The van der Waals surface area contributed by atoms with Crippen LogP contribution in [0.15, 0.2) is 70.8 Å². The minimum absolute atomic E-state index is 0.0568. The number of hydrogen-bond acceptors (Lipinski definition) is 8. The van der Waals surface area contributed by atoms with Gasteiger partial charge in [0.05, 0.1) is 23.1 Å². The molecule has 1 fully saturated rings. The first kappa shape index (κ1) is 32.3. The van der Waals surface area contributed by atoms with Crippen LogP contribution in [0.5, 0.6) is 11.5 Å². The summed E-state index contributed by atoms with van der Waals surface area (Å²) < 4.78 is 90.4. The third-order valence-electron chi connectivity index (χ3n) is 7.13. The Morgan fingerprint density at radius 3 is 2.40 bits per heavy atom. The number of pyridine rings is 1. The molecule has 0 bridgehead atoms. The van der Waals surface area contributed by atoms with Gasteiger partial charge < -0.3 is 19.5 Å². The Morgan fingerprint density at radius 1 is 1.00 bits per heavy atom. The van der Waals surface area contributed by atoms with Gasteiger partial charge in [-0.2, -0.15) is 31.3 Å². The fraction of sp³-hybridized carbons (Fsp3) is 0.300. The summed E-state index contributed by atoms with van der Waals surface area (Å²) in [5, 5.41) is 11.2. The van der Waals surface area contributed by atoms with Crippen molar-refractivity contribution in [2.45, 2.75) is 25.2 Å². The van der Waals surface area contributed by atoms with Crippen LogP contribution in [0.1, 0.15) is 34.0 Å². The zero-order valence-electron chi connectivity index (χ0n) is 23.6. The van der Waals surface area contributed by atoms with Gasteiger partial charge in [-0.1, -0.05) is 18.2 Å². The third-order valence-corrected chi connectivity index (χ3v) is 8.18. The maximum atomic E-state index is 13.5. The summed E-state index contributed by atoms with van der Waals surface area (Å²) in [6, 6.07) is 9.43. The molecule has 1 aromatic heterocycles. The van der Waals surface area contributed by atoms with Crippen molar-refractivity contribution < 1.29 is 45.7 Å². The third kappa shape index (κ3) is 7.60. The van der Waals surface area contributed by atoms with E-state index in [0.717, 1.165) is 6.07 Å². The number of ether oxygens (including phenoxy) is 2. The Morgan fingerprint density at radius 2 is 1.76 bits per heavy atom. The van der Waals surface area contributed by atoms with Crippen molar-refractivity contribution in [1.29, 1.82) is 0 Å². The standard InChI is InChI=1S/C30H26F6N4O4S/c1-43-24-13-18(4-7-23(24)44-17-20-5-6-21(29(31,32)33)15-22(20)30(34,35)36)14-25-26(41)38-28(45-25)40-11-9-39(10-12-40)27(42)19-3-2-8-37-16-19/h2-8,13-16,27,42H,9-12,17H2,1H3/b25-14-. The number of aliphatic hydroxyl groups is 1. The minimum Gasteiger partial charge on any atom is -0.493 e. The molecule has 1 N–H and O–H groups in total. The van der Waals surface area contributed by atoms with Crippen LogP contribution in [0.2, 0.25) is 0 Å². The molecule has 1 unspecified atom stereocenters. The van der Waals surface area contributed by atoms with E-state index >= 15 is 0 Å². The number of aliphatic hydroxyl groups excluding tert-OH is 1. The van der Waals surface area contributed by atoms with Crippen molar-refractivity contribution in [3.05, 3.63) is 93.6 Å². The first-order valence-corrected chi connectivity index (χ1v) is 14.3. The van der Waals surface area contributed by atoms with E-state index in [1.54, 1.807) is 36.7 Å². The van der Waals surface area contributed by atoms with E-state index in [4.69, 9.17) is 9.47 Å². The second kappa shape index (κ2) is 13.1. The molecule has 2 aliphatic rings. The van der Waals surface area contributed by atoms with Gasteiger partial charge in [-0.3, -0.25) is 14.7 Å². The summed E-state index contributed by atoms with van der Waals surface area (Å²) in [5.41, 5.74) is -2.12. The zero-order valence-corrected chi connectivity index (χ0v) is 24.4. The SMILES string of the molecule is COc1cc(/C=C2\SC(N3CCN(C(O)c4cccnc4)CC3)=NC2=O)ccc1OCc1ccc(C(F)(F)F)cc1C(F)(F)F. The van der Waals surface area contributed by atoms with Crippen LogP contribution in [-0.4, -0.2) is 64.3 Å². The van der Waals surface area contributed by atoms with Crippen molar-refractivity contribution in [1.82, 2.24) is 14.8 Å². The summed E-state index contributed by atoms with van der Waals surface area (Å²) in [7, 11) is 1.32. The van der Waals surface area contributed by atoms with Gasteiger partial charge in [0.25, 0.3) is 5.91 Å². The number of aliphatic imine (C=N–C) groups is 1. The molecule has 1 amide bonds. The summed E-state index contributed by atoms with van der Waals surface area (Å²) in [6.45, 7) is 1.50. The fourth-order valence-electron chi connectivity index (χ4n) is 4.77. The highest BCUT2D eigenvalue weighted by Gasteiger charge is 2.38. The van der Waals surface area contributed by atoms with Gasteiger partial charge in [0.15, 0.2) is 16.7 Å². The van der Waals surface area contributed by atoms with Gasteiger partial charge in [0.2, 0.25) is 0 Å². The van der Waals surface area contributed by atoms with Gasteiger partial charge in [0.1, 0.15) is 12.8 Å². The molecule has 1 atom stereocenters. The molecule has 0 radical (unpaired) electrons. The molecule has 0 aliphatic carbocycles. The molecular formula is C30H26F6N4O4S. The van der Waals surface area contributed by atoms with Crippen LogP contribution in [0.3, 0.4) is 0 Å². The number of piperazine rings is 1. The van der Waals surface area contributed by atoms with Gasteiger partial charge >= 0.3 is 12.4 Å². The molecule has 15 heteroatoms. The van der Waals surface area contributed by atoms with Crippen molar-refractivity contribution in [2.24, 2.45) is 4.99 Å². The molecule has 0 spiro atoms. The average molecular weight is 653 g/mol. The molecule has 5 rings (SSSR count). The lowest BCUT2D eigenvalue weighted by Crippen LogP contribution is -2.48. The van der Waals surface area contributed by atoms with E-state index in [1.807, 2.05) is 9.80 Å². The van der Waals surface area contributed by atoms with Gasteiger partial charge in [-0.25, -0.2) is 0 Å². The molecule has 2 aromatic carbocycles. The monoisotopic (exact) mass is 652 g/mol. The molecule has 0 saturated carbocycles. The van der Waals surface area contributed by atoms with E-state index in [-0.39, 0.29) is 17.6 Å². The second-order valence-corrected chi connectivity index (χ2v) is 11.1. The van der Waals surface area contributed by atoms with Crippen LogP contribution < -0.4 is 9.47 Å². The van der Waals surface area contributed by atoms with E-state index < -0.39 is 47.8 Å². The Kier molecular flexibility index (Phi) is 9.41. The number of nitrogens with zero attached hydrogens (tertiary/aromatic N) is 4. The summed E-state index contributed by atoms with van der Waals surface area (Å²) in [6.07, 6.45) is -5.92. The number of methoxy groups -OCH3 is 1. The Labute approximate surface area is 258 Å². The normalized spacial score (nSPS) is 17.9. The van der Waals surface area contributed by atoms with Crippen molar-refractivity contribution >= 4 is 28.9 Å². The summed E-state index contributed by atoms with van der Waals surface area (Å²) >= 11 is 1.20. The first-order valence-electron chi connectivity index (χ1n) is 13.5. The lowest BCUT2D eigenvalue weighted by molar-refractivity contribution is -0.143. The second-order valence-electron chi connectivity index (χ2n) is 10.1. The molecular weight excluding hydrogens is 626 g/mol. The lowest BCUT2D eigenvalue weighted by atomic mass is 10.0. The van der Waals surface area contributed by atoms with E-state index in [9.17, 15) is 36.2 Å². The molecule has 2 aliphatic heterocycles.